The van der Waals surface area contributed by atoms with Crippen LogP contribution in [0.4, 0.5) is 5.82 Å². The summed E-state index contributed by atoms with van der Waals surface area (Å²) in [7, 11) is 0. The molecule has 1 aliphatic rings. The van der Waals surface area contributed by atoms with E-state index in [0.29, 0.717) is 17.6 Å². The van der Waals surface area contributed by atoms with Gasteiger partial charge in [0, 0.05) is 5.92 Å². The number of nitrogens with two attached hydrogens (primary N) is 1. The monoisotopic (exact) mass is 269 g/mol. The average Bonchev–Trinajstić information content (AvgIpc) is 3.23. The van der Waals surface area contributed by atoms with Crippen molar-refractivity contribution in [2.75, 3.05) is 5.73 Å². The maximum absolute atomic E-state index is 5.99. The predicted molar refractivity (Wildman–Crippen MR) is 79.1 cm³/mol. The summed E-state index contributed by atoms with van der Waals surface area (Å²) in [6, 6.07) is 6.13. The fraction of sp³-hybridized carbons (Fsp3) is 0.375. The maximum Gasteiger partial charge on any atom is 0.227 e. The molecule has 2 aromatic rings. The normalized spacial score (nSPS) is 14.3. The molecule has 3 rings (SSSR count). The first-order valence-corrected chi connectivity index (χ1v) is 6.93. The van der Waals surface area contributed by atoms with E-state index in [-0.39, 0.29) is 0 Å². The molecule has 104 valence electrons. The number of benzene rings is 1. The second-order valence-corrected chi connectivity index (χ2v) is 5.54. The summed E-state index contributed by atoms with van der Waals surface area (Å²) in [6.45, 7) is 5.96. The van der Waals surface area contributed by atoms with Crippen molar-refractivity contribution in [2.24, 2.45) is 0 Å². The summed E-state index contributed by atoms with van der Waals surface area (Å²) < 4.78 is 5.99. The number of nitrogens with zero attached hydrogens (tertiary/aromatic N) is 2. The zero-order valence-electron chi connectivity index (χ0n) is 12.1. The van der Waals surface area contributed by atoms with Crippen LogP contribution in [0.5, 0.6) is 11.6 Å². The van der Waals surface area contributed by atoms with Gasteiger partial charge in [-0.3, -0.25) is 0 Å². The molecule has 1 fully saturated rings. The Balaban J connectivity index is 1.99. The summed E-state index contributed by atoms with van der Waals surface area (Å²) in [6.07, 6.45) is 2.29. The number of anilines is 1. The summed E-state index contributed by atoms with van der Waals surface area (Å²) in [5.41, 5.74) is 9.02. The van der Waals surface area contributed by atoms with E-state index >= 15 is 0 Å². The van der Waals surface area contributed by atoms with Crippen LogP contribution in [0.25, 0.3) is 0 Å². The molecule has 0 spiro atoms. The van der Waals surface area contributed by atoms with E-state index in [4.69, 9.17) is 10.5 Å². The zero-order valence-corrected chi connectivity index (χ0v) is 12.1. The standard InChI is InChI=1S/C16H19N3O/c1-9-4-5-10(2)13(8-9)20-16-11(3)14(17)18-15(19-16)12-6-7-12/h4-5,8,12H,6-7H2,1-3H3,(H2,17,18,19). The van der Waals surface area contributed by atoms with Gasteiger partial charge >= 0.3 is 0 Å². The highest BCUT2D eigenvalue weighted by molar-refractivity contribution is 5.47. The van der Waals surface area contributed by atoms with Gasteiger partial charge in [0.15, 0.2) is 0 Å². The molecule has 0 atom stereocenters. The average molecular weight is 269 g/mol. The molecule has 4 nitrogen and oxygen atoms in total. The van der Waals surface area contributed by atoms with Crippen molar-refractivity contribution in [1.29, 1.82) is 0 Å². The number of aryl methyl sites for hydroxylation is 2. The number of ether oxygens (including phenoxy) is 1. The summed E-state index contributed by atoms with van der Waals surface area (Å²) in [4.78, 5) is 8.91. The van der Waals surface area contributed by atoms with Crippen molar-refractivity contribution < 1.29 is 4.74 Å². The zero-order chi connectivity index (χ0) is 14.3. The van der Waals surface area contributed by atoms with Crippen LogP contribution in [-0.4, -0.2) is 9.97 Å². The van der Waals surface area contributed by atoms with E-state index in [2.05, 4.69) is 16.0 Å². The van der Waals surface area contributed by atoms with Crippen LogP contribution < -0.4 is 10.5 Å². The molecular formula is C16H19N3O. The third-order valence-electron chi connectivity index (χ3n) is 3.65. The van der Waals surface area contributed by atoms with Crippen LogP contribution in [0.3, 0.4) is 0 Å². The van der Waals surface area contributed by atoms with Crippen LogP contribution in [0, 0.1) is 20.8 Å². The topological polar surface area (TPSA) is 61.0 Å². The summed E-state index contributed by atoms with van der Waals surface area (Å²) >= 11 is 0. The fourth-order valence-corrected chi connectivity index (χ4v) is 2.07. The number of hydrogen-bond donors (Lipinski definition) is 1. The highest BCUT2D eigenvalue weighted by Crippen LogP contribution is 2.40. The van der Waals surface area contributed by atoms with E-state index in [1.165, 1.54) is 0 Å². The van der Waals surface area contributed by atoms with Crippen molar-refractivity contribution in [1.82, 2.24) is 9.97 Å². The van der Waals surface area contributed by atoms with Crippen LogP contribution in [0.15, 0.2) is 18.2 Å². The highest BCUT2D eigenvalue weighted by Gasteiger charge is 2.28. The van der Waals surface area contributed by atoms with Gasteiger partial charge in [0.1, 0.15) is 17.4 Å². The lowest BCUT2D eigenvalue weighted by atomic mass is 10.1. The molecule has 0 amide bonds. The first-order valence-electron chi connectivity index (χ1n) is 6.93. The van der Waals surface area contributed by atoms with Gasteiger partial charge < -0.3 is 10.5 Å². The Morgan fingerprint density at radius 2 is 1.90 bits per heavy atom. The number of nitrogen functional groups attached to an aromatic ring is 1. The van der Waals surface area contributed by atoms with Gasteiger partial charge in [-0.15, -0.1) is 0 Å². The first-order chi connectivity index (χ1) is 9.54. The minimum absolute atomic E-state index is 0.457. The minimum atomic E-state index is 0.457. The van der Waals surface area contributed by atoms with Crippen molar-refractivity contribution in [3.63, 3.8) is 0 Å². The Morgan fingerprint density at radius 3 is 2.60 bits per heavy atom. The molecule has 0 radical (unpaired) electrons. The number of aromatic nitrogens is 2. The van der Waals surface area contributed by atoms with Gasteiger partial charge in [-0.2, -0.15) is 4.98 Å². The Kier molecular flexibility index (Phi) is 3.08. The molecule has 1 aromatic carbocycles. The van der Waals surface area contributed by atoms with Gasteiger partial charge in [0.2, 0.25) is 5.88 Å². The van der Waals surface area contributed by atoms with Gasteiger partial charge in [0.05, 0.1) is 5.56 Å². The second-order valence-electron chi connectivity index (χ2n) is 5.54. The van der Waals surface area contributed by atoms with Crippen LogP contribution in [0.1, 0.15) is 41.3 Å². The predicted octanol–water partition coefficient (Wildman–Crippen LogP) is 3.65. The van der Waals surface area contributed by atoms with E-state index < -0.39 is 0 Å². The number of rotatable bonds is 3. The maximum atomic E-state index is 5.99. The first kappa shape index (κ1) is 12.9. The second kappa shape index (κ2) is 4.78. The molecule has 1 aliphatic carbocycles. The smallest absolute Gasteiger partial charge is 0.227 e. The Morgan fingerprint density at radius 1 is 1.15 bits per heavy atom. The molecule has 1 aromatic heterocycles. The van der Waals surface area contributed by atoms with E-state index in [1.807, 2.05) is 32.9 Å². The van der Waals surface area contributed by atoms with Crippen molar-refractivity contribution in [3.8, 4) is 11.6 Å². The third-order valence-corrected chi connectivity index (χ3v) is 3.65. The summed E-state index contributed by atoms with van der Waals surface area (Å²) in [5, 5.41) is 0. The van der Waals surface area contributed by atoms with Gasteiger partial charge in [-0.1, -0.05) is 12.1 Å². The Bertz CT molecular complexity index is 663. The molecule has 4 heteroatoms. The minimum Gasteiger partial charge on any atom is -0.438 e. The van der Waals surface area contributed by atoms with E-state index in [1.54, 1.807) is 0 Å². The van der Waals surface area contributed by atoms with Crippen molar-refractivity contribution >= 4 is 5.82 Å². The molecule has 0 saturated heterocycles. The third kappa shape index (κ3) is 2.46. The van der Waals surface area contributed by atoms with Crippen molar-refractivity contribution in [2.45, 2.75) is 39.5 Å². The molecular weight excluding hydrogens is 250 g/mol. The molecule has 1 saturated carbocycles. The van der Waals surface area contributed by atoms with Crippen LogP contribution in [-0.2, 0) is 0 Å². The molecule has 2 N–H and O–H groups in total. The van der Waals surface area contributed by atoms with E-state index in [9.17, 15) is 0 Å². The molecule has 0 unspecified atom stereocenters. The molecule has 20 heavy (non-hydrogen) atoms. The van der Waals surface area contributed by atoms with Gasteiger partial charge in [-0.05, 0) is 50.8 Å². The fourth-order valence-electron chi connectivity index (χ4n) is 2.07. The molecule has 0 aliphatic heterocycles. The van der Waals surface area contributed by atoms with Crippen molar-refractivity contribution in [3.05, 3.63) is 40.7 Å². The van der Waals surface area contributed by atoms with E-state index in [0.717, 1.165) is 41.1 Å². The summed E-state index contributed by atoms with van der Waals surface area (Å²) in [5.74, 6) is 3.19. The SMILES string of the molecule is Cc1ccc(C)c(Oc2nc(C3CC3)nc(N)c2C)c1. The van der Waals surface area contributed by atoms with Crippen LogP contribution >= 0.6 is 0 Å². The van der Waals surface area contributed by atoms with Gasteiger partial charge in [0.25, 0.3) is 0 Å². The van der Waals surface area contributed by atoms with Gasteiger partial charge in [-0.25, -0.2) is 4.98 Å². The number of hydrogen-bond acceptors (Lipinski definition) is 4. The quantitative estimate of drug-likeness (QED) is 0.923. The van der Waals surface area contributed by atoms with Crippen LogP contribution in [0.2, 0.25) is 0 Å². The molecule has 0 bridgehead atoms. The lowest BCUT2D eigenvalue weighted by Crippen LogP contribution is -2.04. The largest absolute Gasteiger partial charge is 0.438 e. The Labute approximate surface area is 119 Å². The highest BCUT2D eigenvalue weighted by atomic mass is 16.5. The lowest BCUT2D eigenvalue weighted by molar-refractivity contribution is 0.451. The lowest BCUT2D eigenvalue weighted by Gasteiger charge is -2.13. The Hall–Kier alpha value is -2.10. The molecule has 1 heterocycles.